The first-order valence-corrected chi connectivity index (χ1v) is 6.73. The Bertz CT molecular complexity index is 628. The number of piperidine rings is 1. The summed E-state index contributed by atoms with van der Waals surface area (Å²) in [6.07, 6.45) is 3.84. The van der Waals surface area contributed by atoms with E-state index >= 15 is 0 Å². The van der Waals surface area contributed by atoms with Crippen molar-refractivity contribution in [3.63, 3.8) is 0 Å². The Morgan fingerprint density at radius 2 is 2.11 bits per heavy atom. The molecule has 92 valence electrons. The molecule has 2 aliphatic heterocycles. The average molecular weight is 240 g/mol. The maximum absolute atomic E-state index is 12.0. The SMILES string of the molecule is O=C1CCC[C@@H]2c3[nH]c4ccccc4c3CCN12. The van der Waals surface area contributed by atoms with Crippen LogP contribution in [-0.2, 0) is 11.2 Å². The van der Waals surface area contributed by atoms with E-state index in [0.29, 0.717) is 11.9 Å². The molecule has 2 aliphatic rings. The highest BCUT2D eigenvalue weighted by Crippen LogP contribution is 2.39. The lowest BCUT2D eigenvalue weighted by Crippen LogP contribution is -2.42. The topological polar surface area (TPSA) is 36.1 Å². The summed E-state index contributed by atoms with van der Waals surface area (Å²) in [5.74, 6) is 0.329. The average Bonchev–Trinajstić information content (AvgIpc) is 2.78. The van der Waals surface area contributed by atoms with Crippen molar-refractivity contribution in [2.45, 2.75) is 31.7 Å². The van der Waals surface area contributed by atoms with Gasteiger partial charge >= 0.3 is 0 Å². The van der Waals surface area contributed by atoms with E-state index in [4.69, 9.17) is 0 Å². The van der Waals surface area contributed by atoms with Gasteiger partial charge in [-0.25, -0.2) is 0 Å². The minimum absolute atomic E-state index is 0.294. The number of carbonyl (C=O) groups excluding carboxylic acids is 1. The third kappa shape index (κ3) is 1.27. The Balaban J connectivity index is 1.90. The first-order valence-electron chi connectivity index (χ1n) is 6.73. The molecule has 0 aliphatic carbocycles. The van der Waals surface area contributed by atoms with Gasteiger partial charge in [0.2, 0.25) is 5.91 Å². The Labute approximate surface area is 106 Å². The van der Waals surface area contributed by atoms with E-state index in [1.165, 1.54) is 22.2 Å². The highest BCUT2D eigenvalue weighted by Gasteiger charge is 2.35. The van der Waals surface area contributed by atoms with E-state index in [1.54, 1.807) is 0 Å². The molecule has 1 saturated heterocycles. The summed E-state index contributed by atoms with van der Waals surface area (Å²) < 4.78 is 0. The van der Waals surface area contributed by atoms with Crippen molar-refractivity contribution in [1.82, 2.24) is 9.88 Å². The second-order valence-electron chi connectivity index (χ2n) is 5.31. The Hall–Kier alpha value is -1.77. The Morgan fingerprint density at radius 1 is 1.22 bits per heavy atom. The van der Waals surface area contributed by atoms with E-state index in [1.807, 2.05) is 0 Å². The molecule has 3 heterocycles. The number of aromatic nitrogens is 1. The summed E-state index contributed by atoms with van der Waals surface area (Å²) in [5.41, 5.74) is 3.93. The van der Waals surface area contributed by atoms with E-state index in [2.05, 4.69) is 34.1 Å². The van der Waals surface area contributed by atoms with Crippen molar-refractivity contribution in [2.24, 2.45) is 0 Å². The third-order valence-electron chi connectivity index (χ3n) is 4.35. The van der Waals surface area contributed by atoms with Crippen molar-refractivity contribution >= 4 is 16.8 Å². The lowest BCUT2D eigenvalue weighted by atomic mass is 9.90. The number of amides is 1. The second kappa shape index (κ2) is 3.61. The van der Waals surface area contributed by atoms with Gasteiger partial charge < -0.3 is 9.88 Å². The summed E-state index contributed by atoms with van der Waals surface area (Å²) in [4.78, 5) is 17.6. The number of rotatable bonds is 0. The standard InChI is InChI=1S/C15H16N2O/c18-14-7-3-6-13-15-11(8-9-17(13)14)10-4-1-2-5-12(10)16-15/h1-2,4-5,13,16H,3,6-9H2/t13-/m1/s1. The molecule has 0 bridgehead atoms. The van der Waals surface area contributed by atoms with Crippen molar-refractivity contribution in [1.29, 1.82) is 0 Å². The predicted molar refractivity (Wildman–Crippen MR) is 70.3 cm³/mol. The highest BCUT2D eigenvalue weighted by atomic mass is 16.2. The largest absolute Gasteiger partial charge is 0.356 e. The van der Waals surface area contributed by atoms with Gasteiger partial charge in [0.15, 0.2) is 0 Å². The molecule has 0 radical (unpaired) electrons. The molecular weight excluding hydrogens is 224 g/mol. The van der Waals surface area contributed by atoms with E-state index in [9.17, 15) is 4.79 Å². The normalized spacial score (nSPS) is 23.0. The fourth-order valence-corrected chi connectivity index (χ4v) is 3.51. The summed E-state index contributed by atoms with van der Waals surface area (Å²) in [7, 11) is 0. The summed E-state index contributed by atoms with van der Waals surface area (Å²) >= 11 is 0. The maximum atomic E-state index is 12.0. The number of aromatic amines is 1. The molecule has 1 fully saturated rings. The Morgan fingerprint density at radius 3 is 3.06 bits per heavy atom. The second-order valence-corrected chi connectivity index (χ2v) is 5.31. The zero-order chi connectivity index (χ0) is 12.1. The first kappa shape index (κ1) is 10.2. The summed E-state index contributed by atoms with van der Waals surface area (Å²) in [6.45, 7) is 0.887. The number of hydrogen-bond acceptors (Lipinski definition) is 1. The van der Waals surface area contributed by atoms with Gasteiger partial charge in [0.1, 0.15) is 0 Å². The molecule has 18 heavy (non-hydrogen) atoms. The van der Waals surface area contributed by atoms with Crippen LogP contribution in [0.4, 0.5) is 0 Å². The van der Waals surface area contributed by atoms with Gasteiger partial charge in [-0.1, -0.05) is 18.2 Å². The molecule has 1 N–H and O–H groups in total. The van der Waals surface area contributed by atoms with Crippen LogP contribution in [0, 0.1) is 0 Å². The summed E-state index contributed by atoms with van der Waals surface area (Å²) in [5, 5.41) is 1.34. The van der Waals surface area contributed by atoms with Crippen molar-refractivity contribution in [3.8, 4) is 0 Å². The maximum Gasteiger partial charge on any atom is 0.223 e. The quantitative estimate of drug-likeness (QED) is 0.755. The molecule has 1 amide bonds. The monoisotopic (exact) mass is 240 g/mol. The molecule has 0 saturated carbocycles. The molecule has 0 spiro atoms. The van der Waals surface area contributed by atoms with Crippen LogP contribution in [0.3, 0.4) is 0 Å². The van der Waals surface area contributed by atoms with Crippen LogP contribution in [-0.4, -0.2) is 22.3 Å². The zero-order valence-electron chi connectivity index (χ0n) is 10.3. The van der Waals surface area contributed by atoms with Crippen LogP contribution < -0.4 is 0 Å². The molecule has 3 heteroatoms. The van der Waals surface area contributed by atoms with Gasteiger partial charge in [-0.3, -0.25) is 4.79 Å². The van der Waals surface area contributed by atoms with Gasteiger partial charge in [0, 0.05) is 29.6 Å². The molecular formula is C15H16N2O. The van der Waals surface area contributed by atoms with Crippen molar-refractivity contribution < 1.29 is 4.79 Å². The number of nitrogens with zero attached hydrogens (tertiary/aromatic N) is 1. The van der Waals surface area contributed by atoms with Gasteiger partial charge in [-0.2, -0.15) is 0 Å². The number of benzene rings is 1. The van der Waals surface area contributed by atoms with Crippen LogP contribution in [0.25, 0.3) is 10.9 Å². The molecule has 1 aromatic carbocycles. The lowest BCUT2D eigenvalue weighted by Gasteiger charge is -2.39. The van der Waals surface area contributed by atoms with E-state index in [-0.39, 0.29) is 0 Å². The number of para-hydroxylation sites is 1. The molecule has 1 aromatic heterocycles. The van der Waals surface area contributed by atoms with Crippen LogP contribution in [0.2, 0.25) is 0 Å². The summed E-state index contributed by atoms with van der Waals surface area (Å²) in [6, 6.07) is 8.76. The third-order valence-corrected chi connectivity index (χ3v) is 4.35. The molecule has 2 aromatic rings. The van der Waals surface area contributed by atoms with Gasteiger partial charge in [0.25, 0.3) is 0 Å². The molecule has 1 atom stereocenters. The van der Waals surface area contributed by atoms with Gasteiger partial charge in [0.05, 0.1) is 6.04 Å². The van der Waals surface area contributed by atoms with E-state index in [0.717, 1.165) is 32.2 Å². The number of fused-ring (bicyclic) bond motifs is 5. The predicted octanol–water partition coefficient (Wildman–Crippen LogP) is 2.78. The van der Waals surface area contributed by atoms with Gasteiger partial charge in [-0.15, -0.1) is 0 Å². The lowest BCUT2D eigenvalue weighted by molar-refractivity contribution is -0.137. The zero-order valence-corrected chi connectivity index (χ0v) is 10.3. The van der Waals surface area contributed by atoms with Crippen molar-refractivity contribution in [2.75, 3.05) is 6.54 Å². The minimum Gasteiger partial charge on any atom is -0.356 e. The van der Waals surface area contributed by atoms with Crippen LogP contribution in [0.1, 0.15) is 36.6 Å². The molecule has 3 nitrogen and oxygen atoms in total. The number of hydrogen-bond donors (Lipinski definition) is 1. The number of carbonyl (C=O) groups is 1. The van der Waals surface area contributed by atoms with Crippen LogP contribution >= 0.6 is 0 Å². The smallest absolute Gasteiger partial charge is 0.223 e. The van der Waals surface area contributed by atoms with Crippen molar-refractivity contribution in [3.05, 3.63) is 35.5 Å². The van der Waals surface area contributed by atoms with Crippen LogP contribution in [0.15, 0.2) is 24.3 Å². The molecule has 0 unspecified atom stereocenters. The minimum atomic E-state index is 0.294. The van der Waals surface area contributed by atoms with Crippen LogP contribution in [0.5, 0.6) is 0 Å². The fraction of sp³-hybridized carbons (Fsp3) is 0.400. The molecule has 4 rings (SSSR count). The number of H-pyrrole nitrogens is 1. The first-order chi connectivity index (χ1) is 8.84. The van der Waals surface area contributed by atoms with Gasteiger partial charge in [-0.05, 0) is 30.9 Å². The Kier molecular flexibility index (Phi) is 2.04. The number of nitrogens with one attached hydrogen (secondary N) is 1. The fourth-order valence-electron chi connectivity index (χ4n) is 3.51. The van der Waals surface area contributed by atoms with E-state index < -0.39 is 0 Å². The highest BCUT2D eigenvalue weighted by molar-refractivity contribution is 5.86.